The predicted molar refractivity (Wildman–Crippen MR) is 87.2 cm³/mol. The van der Waals surface area contributed by atoms with Crippen LogP contribution in [-0.2, 0) is 16.0 Å². The van der Waals surface area contributed by atoms with Gasteiger partial charge in [0.25, 0.3) is 0 Å². The lowest BCUT2D eigenvalue weighted by Crippen LogP contribution is -2.50. The van der Waals surface area contributed by atoms with Crippen molar-refractivity contribution in [3.63, 3.8) is 0 Å². The van der Waals surface area contributed by atoms with Gasteiger partial charge in [0.15, 0.2) is 0 Å². The highest BCUT2D eigenvalue weighted by Crippen LogP contribution is 2.39. The van der Waals surface area contributed by atoms with E-state index in [4.69, 9.17) is 4.74 Å². The number of aryl methyl sites for hydroxylation is 1. The van der Waals surface area contributed by atoms with Gasteiger partial charge in [0.1, 0.15) is 0 Å². The van der Waals surface area contributed by atoms with Gasteiger partial charge in [0.05, 0.1) is 17.7 Å². The summed E-state index contributed by atoms with van der Waals surface area (Å²) >= 11 is 0. The fourth-order valence-corrected chi connectivity index (χ4v) is 4.73. The average molecular weight is 317 g/mol. The Morgan fingerprint density at radius 3 is 3.00 bits per heavy atom. The minimum Gasteiger partial charge on any atom is -0.375 e. The van der Waals surface area contributed by atoms with E-state index in [0.29, 0.717) is 0 Å². The van der Waals surface area contributed by atoms with Crippen molar-refractivity contribution < 1.29 is 9.53 Å². The maximum Gasteiger partial charge on any atom is 0.227 e. The summed E-state index contributed by atoms with van der Waals surface area (Å²) in [5.41, 5.74) is 2.29. The number of H-pyrrole nitrogens is 1. The van der Waals surface area contributed by atoms with Crippen LogP contribution in [0.1, 0.15) is 75.0 Å². The van der Waals surface area contributed by atoms with Crippen molar-refractivity contribution in [1.82, 2.24) is 15.5 Å². The van der Waals surface area contributed by atoms with Crippen LogP contribution in [0.15, 0.2) is 6.20 Å². The fourth-order valence-electron chi connectivity index (χ4n) is 4.73. The second-order valence-electron chi connectivity index (χ2n) is 7.54. The van der Waals surface area contributed by atoms with Crippen LogP contribution in [-0.4, -0.2) is 34.4 Å². The third-order valence-corrected chi connectivity index (χ3v) is 5.97. The van der Waals surface area contributed by atoms with Gasteiger partial charge >= 0.3 is 0 Å². The van der Waals surface area contributed by atoms with Gasteiger partial charge < -0.3 is 10.1 Å². The van der Waals surface area contributed by atoms with Crippen molar-refractivity contribution in [2.75, 3.05) is 6.61 Å². The van der Waals surface area contributed by atoms with E-state index >= 15 is 0 Å². The van der Waals surface area contributed by atoms with Gasteiger partial charge in [0.2, 0.25) is 5.91 Å². The van der Waals surface area contributed by atoms with Crippen LogP contribution in [0.4, 0.5) is 0 Å². The summed E-state index contributed by atoms with van der Waals surface area (Å²) in [6.45, 7) is 0.784. The minimum atomic E-state index is -0.0253. The molecule has 5 nitrogen and oxygen atoms in total. The van der Waals surface area contributed by atoms with E-state index in [1.165, 1.54) is 19.3 Å². The molecular formula is C18H27N3O2. The molecule has 3 aliphatic rings. The van der Waals surface area contributed by atoms with Crippen LogP contribution in [0, 0.1) is 0 Å². The first-order valence-electron chi connectivity index (χ1n) is 9.22. The molecule has 1 aromatic rings. The summed E-state index contributed by atoms with van der Waals surface area (Å²) in [5, 5.41) is 10.5. The molecule has 126 valence electrons. The summed E-state index contributed by atoms with van der Waals surface area (Å²) < 4.78 is 6.14. The van der Waals surface area contributed by atoms with Crippen LogP contribution in [0.3, 0.4) is 0 Å². The van der Waals surface area contributed by atoms with Crippen molar-refractivity contribution in [2.24, 2.45) is 0 Å². The van der Waals surface area contributed by atoms with Crippen LogP contribution in [0.5, 0.6) is 0 Å². The van der Waals surface area contributed by atoms with Crippen molar-refractivity contribution in [3.05, 3.63) is 17.5 Å². The maximum atomic E-state index is 12.8. The summed E-state index contributed by atoms with van der Waals surface area (Å²) in [7, 11) is 0. The molecular weight excluding hydrogens is 290 g/mol. The third-order valence-electron chi connectivity index (χ3n) is 5.97. The van der Waals surface area contributed by atoms with Crippen LogP contribution in [0.2, 0.25) is 0 Å². The molecule has 1 saturated heterocycles. The Hall–Kier alpha value is -1.36. The molecule has 0 bridgehead atoms. The van der Waals surface area contributed by atoms with Crippen LogP contribution < -0.4 is 5.32 Å². The molecule has 0 radical (unpaired) electrons. The Morgan fingerprint density at radius 2 is 2.13 bits per heavy atom. The smallest absolute Gasteiger partial charge is 0.227 e. The topological polar surface area (TPSA) is 67.0 Å². The normalized spacial score (nSPS) is 29.9. The first-order chi connectivity index (χ1) is 11.3. The number of aromatic nitrogens is 2. The highest BCUT2D eigenvalue weighted by molar-refractivity contribution is 5.84. The molecule has 2 fully saturated rings. The standard InChI is InChI=1S/C18H27N3O2/c22-17(14-5-4-6-16-15(14)12-19-21-16)20-13-7-10-23-18(11-13)8-2-1-3-9-18/h12-14H,1-11H2,(H,19,21)(H,20,22)/t13-,14-/m0/s1. The molecule has 1 saturated carbocycles. The molecule has 0 unspecified atom stereocenters. The molecule has 2 N–H and O–H groups in total. The average Bonchev–Trinajstić information content (AvgIpc) is 3.04. The number of ether oxygens (including phenoxy) is 1. The van der Waals surface area contributed by atoms with Gasteiger partial charge in [-0.1, -0.05) is 19.3 Å². The van der Waals surface area contributed by atoms with Crippen molar-refractivity contribution in [3.8, 4) is 0 Å². The van der Waals surface area contributed by atoms with E-state index < -0.39 is 0 Å². The molecule has 0 aromatic carbocycles. The quantitative estimate of drug-likeness (QED) is 0.881. The zero-order valence-corrected chi connectivity index (χ0v) is 13.8. The van der Waals surface area contributed by atoms with Crippen molar-refractivity contribution in [1.29, 1.82) is 0 Å². The van der Waals surface area contributed by atoms with Gasteiger partial charge in [-0.25, -0.2) is 0 Å². The Labute approximate surface area is 137 Å². The first-order valence-corrected chi connectivity index (χ1v) is 9.22. The zero-order valence-electron chi connectivity index (χ0n) is 13.8. The van der Waals surface area contributed by atoms with Gasteiger partial charge in [0, 0.05) is 23.9 Å². The van der Waals surface area contributed by atoms with E-state index in [2.05, 4.69) is 15.5 Å². The fraction of sp³-hybridized carbons (Fsp3) is 0.778. The number of rotatable bonds is 2. The van der Waals surface area contributed by atoms with E-state index in [-0.39, 0.29) is 23.5 Å². The molecule has 23 heavy (non-hydrogen) atoms. The van der Waals surface area contributed by atoms with E-state index in [9.17, 15) is 4.79 Å². The molecule has 1 amide bonds. The van der Waals surface area contributed by atoms with Gasteiger partial charge in [-0.05, 0) is 44.9 Å². The number of carbonyl (C=O) groups is 1. The van der Waals surface area contributed by atoms with E-state index in [0.717, 1.165) is 62.8 Å². The molecule has 1 aliphatic heterocycles. The second-order valence-corrected chi connectivity index (χ2v) is 7.54. The largest absolute Gasteiger partial charge is 0.375 e. The van der Waals surface area contributed by atoms with E-state index in [1.807, 2.05) is 6.20 Å². The number of nitrogens with one attached hydrogen (secondary N) is 2. The molecule has 2 atom stereocenters. The van der Waals surface area contributed by atoms with Crippen molar-refractivity contribution in [2.45, 2.75) is 81.8 Å². The summed E-state index contributed by atoms with van der Waals surface area (Å²) in [6.07, 6.45) is 13.0. The lowest BCUT2D eigenvalue weighted by Gasteiger charge is -2.44. The van der Waals surface area contributed by atoms with Gasteiger partial charge in [-0.15, -0.1) is 0 Å². The monoisotopic (exact) mass is 317 g/mol. The zero-order chi connectivity index (χ0) is 15.7. The highest BCUT2D eigenvalue weighted by atomic mass is 16.5. The van der Waals surface area contributed by atoms with Crippen LogP contribution >= 0.6 is 0 Å². The molecule has 5 heteroatoms. The number of fused-ring (bicyclic) bond motifs is 1. The Balaban J connectivity index is 1.41. The number of nitrogens with zero attached hydrogens (tertiary/aromatic N) is 1. The highest BCUT2D eigenvalue weighted by Gasteiger charge is 2.39. The first kappa shape index (κ1) is 15.2. The van der Waals surface area contributed by atoms with Crippen molar-refractivity contribution >= 4 is 5.91 Å². The summed E-state index contributed by atoms with van der Waals surface area (Å²) in [4.78, 5) is 12.8. The molecule has 1 spiro atoms. The lowest BCUT2D eigenvalue weighted by molar-refractivity contribution is -0.130. The summed E-state index contributed by atoms with van der Waals surface area (Å²) in [6, 6.07) is 0.270. The minimum absolute atomic E-state index is 0.0253. The number of amides is 1. The molecule has 2 aliphatic carbocycles. The molecule has 2 heterocycles. The Morgan fingerprint density at radius 1 is 1.26 bits per heavy atom. The lowest BCUT2D eigenvalue weighted by atomic mass is 9.78. The Bertz CT molecular complexity index is 557. The third kappa shape index (κ3) is 3.03. The predicted octanol–water partition coefficient (Wildman–Crippen LogP) is 2.83. The molecule has 1 aromatic heterocycles. The number of hydrogen-bond acceptors (Lipinski definition) is 3. The Kier molecular flexibility index (Phi) is 4.14. The second kappa shape index (κ2) is 6.27. The number of aromatic amines is 1. The summed E-state index contributed by atoms with van der Waals surface area (Å²) in [5.74, 6) is 0.160. The van der Waals surface area contributed by atoms with E-state index in [1.54, 1.807) is 0 Å². The van der Waals surface area contributed by atoms with Crippen LogP contribution in [0.25, 0.3) is 0 Å². The number of hydrogen-bond donors (Lipinski definition) is 2. The maximum absolute atomic E-state index is 12.8. The van der Waals surface area contributed by atoms with Gasteiger partial charge in [-0.3, -0.25) is 9.89 Å². The van der Waals surface area contributed by atoms with Gasteiger partial charge in [-0.2, -0.15) is 5.10 Å². The number of carbonyl (C=O) groups excluding carboxylic acids is 1. The SMILES string of the molecule is O=C(N[C@H]1CCOC2(CCCCC2)C1)[C@H]1CCCc2[nH]ncc21. The molecule has 4 rings (SSSR count).